The molecule has 1 aliphatic heterocycles. The van der Waals surface area contributed by atoms with Crippen LogP contribution in [0.5, 0.6) is 0 Å². The van der Waals surface area contributed by atoms with Crippen LogP contribution in [0.3, 0.4) is 0 Å². The van der Waals surface area contributed by atoms with Crippen LogP contribution in [0, 0.1) is 5.41 Å². The Balaban J connectivity index is 2.76. The minimum Gasteiger partial charge on any atom is -0.317 e. The Morgan fingerprint density at radius 1 is 1.50 bits per heavy atom. The third kappa shape index (κ3) is 0.960. The highest BCUT2D eigenvalue weighted by Crippen LogP contribution is 1.85. The molecule has 0 aliphatic carbocycles. The summed E-state index contributed by atoms with van der Waals surface area (Å²) in [6, 6.07) is -0.659. The van der Waals surface area contributed by atoms with Crippen LogP contribution in [0.1, 0.15) is 0 Å². The molecule has 6 heteroatoms. The van der Waals surface area contributed by atoms with Gasteiger partial charge in [-0.1, -0.05) is 0 Å². The fraction of sp³-hybridized carbons (Fsp3) is 0.250. The van der Waals surface area contributed by atoms with Gasteiger partial charge >= 0.3 is 6.03 Å². The maximum Gasteiger partial charge on any atom is 0.323 e. The Kier molecular flexibility index (Phi) is 1.38. The normalized spacial score (nSPS) is 25.7. The lowest BCUT2D eigenvalue weighted by molar-refractivity contribution is -0.114. The van der Waals surface area contributed by atoms with E-state index in [0.717, 1.165) is 0 Å². The zero-order valence-electron chi connectivity index (χ0n) is 4.97. The monoisotopic (exact) mass is 142 g/mol. The first-order chi connectivity index (χ1) is 4.61. The number of nitrogens with one attached hydrogen (secondary N) is 3. The fourth-order valence-electron chi connectivity index (χ4n) is 0.561. The van der Waals surface area contributed by atoms with Crippen LogP contribution in [-0.4, -0.2) is 23.8 Å². The van der Waals surface area contributed by atoms with Crippen molar-refractivity contribution < 1.29 is 9.59 Å². The summed E-state index contributed by atoms with van der Waals surface area (Å²) >= 11 is 0. The molecule has 1 saturated heterocycles. The van der Waals surface area contributed by atoms with E-state index < -0.39 is 18.1 Å². The molecule has 54 valence electrons. The summed E-state index contributed by atoms with van der Waals surface area (Å²) in [6.45, 7) is 0. The SMILES string of the molecule is N=C1C(=O)NC(=O)NC1N. The van der Waals surface area contributed by atoms with Crippen molar-refractivity contribution >= 4 is 17.6 Å². The van der Waals surface area contributed by atoms with Gasteiger partial charge < -0.3 is 11.1 Å². The van der Waals surface area contributed by atoms with Gasteiger partial charge in [0.25, 0.3) is 5.91 Å². The highest BCUT2D eigenvalue weighted by atomic mass is 16.2. The zero-order valence-corrected chi connectivity index (χ0v) is 4.97. The van der Waals surface area contributed by atoms with Crippen LogP contribution in [0.2, 0.25) is 0 Å². The highest BCUT2D eigenvalue weighted by molar-refractivity contribution is 6.43. The topological polar surface area (TPSA) is 108 Å². The lowest BCUT2D eigenvalue weighted by Gasteiger charge is -2.19. The Hall–Kier alpha value is -1.43. The number of urea groups is 1. The molecule has 0 aromatic carbocycles. The highest BCUT2D eigenvalue weighted by Gasteiger charge is 2.26. The summed E-state index contributed by atoms with van der Waals surface area (Å²) in [4.78, 5) is 20.9. The van der Waals surface area contributed by atoms with Gasteiger partial charge in [0, 0.05) is 0 Å². The van der Waals surface area contributed by atoms with Crippen molar-refractivity contribution in [3.63, 3.8) is 0 Å². The van der Waals surface area contributed by atoms with Crippen LogP contribution in [0.25, 0.3) is 0 Å². The number of nitrogens with two attached hydrogens (primary N) is 1. The lowest BCUT2D eigenvalue weighted by Crippen LogP contribution is -2.62. The molecule has 5 N–H and O–H groups in total. The molecule has 1 unspecified atom stereocenters. The largest absolute Gasteiger partial charge is 0.323 e. The summed E-state index contributed by atoms with van der Waals surface area (Å²) in [5.74, 6) is -0.740. The molecule has 1 atom stereocenters. The van der Waals surface area contributed by atoms with E-state index in [1.54, 1.807) is 0 Å². The van der Waals surface area contributed by atoms with Crippen molar-refractivity contribution in [2.45, 2.75) is 6.17 Å². The van der Waals surface area contributed by atoms with Gasteiger partial charge in [-0.05, 0) is 0 Å². The molecule has 10 heavy (non-hydrogen) atoms. The second-order valence-electron chi connectivity index (χ2n) is 1.82. The quantitative estimate of drug-likeness (QED) is 0.318. The van der Waals surface area contributed by atoms with E-state index in [-0.39, 0.29) is 5.71 Å². The molecule has 0 aromatic rings. The van der Waals surface area contributed by atoms with Crippen molar-refractivity contribution in [2.24, 2.45) is 5.73 Å². The summed E-state index contributed by atoms with van der Waals surface area (Å²) in [7, 11) is 0. The van der Waals surface area contributed by atoms with Gasteiger partial charge in [0.1, 0.15) is 11.9 Å². The number of rotatable bonds is 0. The van der Waals surface area contributed by atoms with Gasteiger partial charge in [-0.2, -0.15) is 0 Å². The van der Waals surface area contributed by atoms with Gasteiger partial charge in [0.05, 0.1) is 0 Å². The average molecular weight is 142 g/mol. The molecule has 0 radical (unpaired) electrons. The number of imide groups is 1. The summed E-state index contributed by atoms with van der Waals surface area (Å²) in [5, 5.41) is 10.9. The van der Waals surface area contributed by atoms with Crippen LogP contribution < -0.4 is 16.4 Å². The minimum atomic E-state index is -0.971. The first kappa shape index (κ1) is 6.69. The van der Waals surface area contributed by atoms with Crippen molar-refractivity contribution in [3.05, 3.63) is 0 Å². The van der Waals surface area contributed by atoms with Crippen LogP contribution in [-0.2, 0) is 4.79 Å². The molecule has 1 rings (SSSR count). The van der Waals surface area contributed by atoms with E-state index in [0.29, 0.717) is 0 Å². The number of carbonyl (C=O) groups is 2. The van der Waals surface area contributed by atoms with Gasteiger partial charge in [-0.3, -0.25) is 15.5 Å². The average Bonchev–Trinajstić information content (AvgIpc) is 1.82. The van der Waals surface area contributed by atoms with Gasteiger partial charge in [0.2, 0.25) is 0 Å². The van der Waals surface area contributed by atoms with E-state index in [2.05, 4.69) is 5.32 Å². The third-order valence-corrected chi connectivity index (χ3v) is 1.07. The number of amides is 3. The maximum atomic E-state index is 10.5. The molecule has 3 amide bonds. The van der Waals surface area contributed by atoms with Crippen molar-refractivity contribution in [3.8, 4) is 0 Å². The van der Waals surface area contributed by atoms with Crippen molar-refractivity contribution in [1.82, 2.24) is 10.6 Å². The lowest BCUT2D eigenvalue weighted by atomic mass is 10.2. The fourth-order valence-corrected chi connectivity index (χ4v) is 0.561. The first-order valence-corrected chi connectivity index (χ1v) is 2.57. The van der Waals surface area contributed by atoms with E-state index in [4.69, 9.17) is 11.1 Å². The molecule has 0 spiro atoms. The van der Waals surface area contributed by atoms with Gasteiger partial charge in [0.15, 0.2) is 0 Å². The molecular formula is C4H6N4O2. The summed E-state index contributed by atoms with van der Waals surface area (Å²) < 4.78 is 0. The smallest absolute Gasteiger partial charge is 0.317 e. The number of hydrogen-bond donors (Lipinski definition) is 4. The minimum absolute atomic E-state index is 0.334. The Bertz CT molecular complexity index is 211. The van der Waals surface area contributed by atoms with E-state index >= 15 is 0 Å². The maximum absolute atomic E-state index is 10.5. The molecule has 1 aliphatic rings. The number of hydrogen-bond acceptors (Lipinski definition) is 4. The first-order valence-electron chi connectivity index (χ1n) is 2.57. The Morgan fingerprint density at radius 3 is 2.60 bits per heavy atom. The molecular weight excluding hydrogens is 136 g/mol. The predicted octanol–water partition coefficient (Wildman–Crippen LogP) is -1.87. The molecule has 1 fully saturated rings. The number of carbonyl (C=O) groups excluding carboxylic acids is 2. The van der Waals surface area contributed by atoms with Gasteiger partial charge in [-0.15, -0.1) is 0 Å². The van der Waals surface area contributed by atoms with Crippen LogP contribution in [0.4, 0.5) is 4.79 Å². The second-order valence-corrected chi connectivity index (χ2v) is 1.82. The molecule has 1 heterocycles. The van der Waals surface area contributed by atoms with Crippen molar-refractivity contribution in [1.29, 1.82) is 5.41 Å². The van der Waals surface area contributed by atoms with E-state index in [9.17, 15) is 9.59 Å². The molecule has 0 aromatic heterocycles. The standard InChI is InChI=1S/C4H6N4O2/c5-1-2(6)7-4(10)8-3(1)9/h2,5H,6H2,(H2,7,8,9,10). The zero-order chi connectivity index (χ0) is 7.72. The third-order valence-electron chi connectivity index (χ3n) is 1.07. The Morgan fingerprint density at radius 2 is 2.10 bits per heavy atom. The second kappa shape index (κ2) is 2.07. The van der Waals surface area contributed by atoms with Gasteiger partial charge in [-0.25, -0.2) is 4.79 Å². The van der Waals surface area contributed by atoms with Crippen molar-refractivity contribution in [2.75, 3.05) is 0 Å². The Labute approximate surface area is 56.3 Å². The van der Waals surface area contributed by atoms with Crippen LogP contribution in [0.15, 0.2) is 0 Å². The summed E-state index contributed by atoms with van der Waals surface area (Å²) in [6.07, 6.45) is -0.971. The molecule has 6 nitrogen and oxygen atoms in total. The predicted molar refractivity (Wildman–Crippen MR) is 32.4 cm³/mol. The molecule has 0 saturated carbocycles. The summed E-state index contributed by atoms with van der Waals surface area (Å²) in [5.41, 5.74) is 4.81. The van der Waals surface area contributed by atoms with E-state index in [1.807, 2.05) is 5.32 Å². The molecule has 0 bridgehead atoms. The van der Waals surface area contributed by atoms with Crippen LogP contribution >= 0.6 is 0 Å². The van der Waals surface area contributed by atoms with E-state index in [1.165, 1.54) is 0 Å².